The van der Waals surface area contributed by atoms with Crippen LogP contribution in [0.5, 0.6) is 0 Å². The van der Waals surface area contributed by atoms with Gasteiger partial charge in [0.1, 0.15) is 6.54 Å². The number of hydrogen-bond acceptors (Lipinski definition) is 5. The van der Waals surface area contributed by atoms with E-state index in [9.17, 15) is 18.0 Å². The Balaban J connectivity index is 1.48. The van der Waals surface area contributed by atoms with E-state index < -0.39 is 10.0 Å². The predicted molar refractivity (Wildman–Crippen MR) is 134 cm³/mol. The zero-order chi connectivity index (χ0) is 23.9. The maximum atomic E-state index is 13.4. The van der Waals surface area contributed by atoms with Crippen LogP contribution >= 0.6 is 11.8 Å². The first-order chi connectivity index (χ1) is 16.3. The minimum atomic E-state index is -3.66. The van der Waals surface area contributed by atoms with Crippen LogP contribution in [0.2, 0.25) is 0 Å². The molecule has 0 aromatic heterocycles. The van der Waals surface area contributed by atoms with Gasteiger partial charge in [0.05, 0.1) is 10.6 Å². The number of piperidine rings is 1. The summed E-state index contributed by atoms with van der Waals surface area (Å²) >= 11 is 1.55. The number of fused-ring (bicyclic) bond motifs is 2. The van der Waals surface area contributed by atoms with Gasteiger partial charge in [-0.2, -0.15) is 4.31 Å². The number of thioether (sulfide) groups is 1. The standard InChI is InChI=1S/C25H29N3O4S2/c1-18-15-24(29)28(17-25(30)27-14-11-19-7-3-4-8-21(19)27)22-16-20(9-10-23(22)33-18)34(31,32)26-12-5-2-6-13-26/h3-4,7-10,16,18H,2,5-6,11-15,17H2,1H3/t18-/m0/s1. The molecule has 2 aromatic rings. The minimum absolute atomic E-state index is 0.0309. The summed E-state index contributed by atoms with van der Waals surface area (Å²) in [5, 5.41) is 0.0309. The van der Waals surface area contributed by atoms with Crippen LogP contribution in [0.4, 0.5) is 11.4 Å². The number of nitrogens with zero attached hydrogens (tertiary/aromatic N) is 3. The van der Waals surface area contributed by atoms with Gasteiger partial charge in [-0.25, -0.2) is 8.42 Å². The maximum absolute atomic E-state index is 13.4. The molecule has 5 rings (SSSR count). The summed E-state index contributed by atoms with van der Waals surface area (Å²) in [7, 11) is -3.66. The Morgan fingerprint density at radius 3 is 2.59 bits per heavy atom. The molecule has 0 bridgehead atoms. The predicted octanol–water partition coefficient (Wildman–Crippen LogP) is 3.67. The lowest BCUT2D eigenvalue weighted by Gasteiger charge is -2.28. The van der Waals surface area contributed by atoms with Gasteiger partial charge in [-0.3, -0.25) is 9.59 Å². The quantitative estimate of drug-likeness (QED) is 0.642. The van der Waals surface area contributed by atoms with Crippen molar-refractivity contribution in [1.82, 2.24) is 4.31 Å². The summed E-state index contributed by atoms with van der Waals surface area (Å²) in [5.41, 5.74) is 2.52. The van der Waals surface area contributed by atoms with E-state index in [4.69, 9.17) is 0 Å². The van der Waals surface area contributed by atoms with Gasteiger partial charge >= 0.3 is 0 Å². The molecule has 0 N–H and O–H groups in total. The van der Waals surface area contributed by atoms with Crippen LogP contribution < -0.4 is 9.80 Å². The van der Waals surface area contributed by atoms with Crippen molar-refractivity contribution < 1.29 is 18.0 Å². The van der Waals surface area contributed by atoms with Crippen molar-refractivity contribution in [2.75, 3.05) is 36.0 Å². The van der Waals surface area contributed by atoms with Gasteiger partial charge in [0.2, 0.25) is 21.8 Å². The fourth-order valence-electron chi connectivity index (χ4n) is 4.96. The Kier molecular flexibility index (Phi) is 6.43. The summed E-state index contributed by atoms with van der Waals surface area (Å²) in [5.74, 6) is -0.319. The van der Waals surface area contributed by atoms with E-state index >= 15 is 0 Å². The number of benzene rings is 2. The van der Waals surface area contributed by atoms with E-state index in [1.807, 2.05) is 31.2 Å². The molecule has 1 saturated heterocycles. The number of anilines is 2. The van der Waals surface area contributed by atoms with Crippen LogP contribution in [0.3, 0.4) is 0 Å². The number of para-hydroxylation sites is 1. The Labute approximate surface area is 205 Å². The van der Waals surface area contributed by atoms with Gasteiger partial charge in [-0.1, -0.05) is 31.5 Å². The third kappa shape index (κ3) is 4.36. The number of carbonyl (C=O) groups excluding carboxylic acids is 2. The third-order valence-electron chi connectivity index (χ3n) is 6.75. The fraction of sp³-hybridized carbons (Fsp3) is 0.440. The highest BCUT2D eigenvalue weighted by Crippen LogP contribution is 2.40. The highest BCUT2D eigenvalue weighted by Gasteiger charge is 2.33. The Bertz CT molecular complexity index is 1220. The monoisotopic (exact) mass is 499 g/mol. The average Bonchev–Trinajstić information content (AvgIpc) is 3.23. The second-order valence-corrected chi connectivity index (χ2v) is 12.5. The van der Waals surface area contributed by atoms with Crippen LogP contribution in [-0.4, -0.2) is 56.0 Å². The Morgan fingerprint density at radius 1 is 1.03 bits per heavy atom. The number of sulfonamides is 1. The van der Waals surface area contributed by atoms with E-state index in [0.29, 0.717) is 25.3 Å². The zero-order valence-electron chi connectivity index (χ0n) is 19.3. The lowest BCUT2D eigenvalue weighted by Crippen LogP contribution is -2.43. The highest BCUT2D eigenvalue weighted by molar-refractivity contribution is 8.00. The summed E-state index contributed by atoms with van der Waals surface area (Å²) in [6, 6.07) is 12.8. The summed E-state index contributed by atoms with van der Waals surface area (Å²) in [6.45, 7) is 3.48. The summed E-state index contributed by atoms with van der Waals surface area (Å²) in [6.07, 6.45) is 3.83. The Morgan fingerprint density at radius 2 is 1.79 bits per heavy atom. The molecule has 180 valence electrons. The van der Waals surface area contributed by atoms with E-state index in [1.54, 1.807) is 34.9 Å². The molecule has 2 aromatic carbocycles. The first kappa shape index (κ1) is 23.4. The second kappa shape index (κ2) is 9.36. The number of amides is 2. The molecule has 7 nitrogen and oxygen atoms in total. The average molecular weight is 500 g/mol. The van der Waals surface area contributed by atoms with Crippen molar-refractivity contribution in [3.05, 3.63) is 48.0 Å². The first-order valence-electron chi connectivity index (χ1n) is 11.8. The molecular weight excluding hydrogens is 470 g/mol. The summed E-state index contributed by atoms with van der Waals surface area (Å²) in [4.78, 5) is 30.8. The second-order valence-electron chi connectivity index (χ2n) is 9.13. The van der Waals surface area contributed by atoms with Gasteiger partial charge in [0.15, 0.2) is 0 Å². The molecule has 3 heterocycles. The molecule has 3 aliphatic rings. The number of hydrogen-bond donors (Lipinski definition) is 0. The molecule has 0 radical (unpaired) electrons. The largest absolute Gasteiger partial charge is 0.310 e. The molecule has 9 heteroatoms. The van der Waals surface area contributed by atoms with Crippen molar-refractivity contribution in [2.45, 2.75) is 54.1 Å². The molecule has 3 aliphatic heterocycles. The van der Waals surface area contributed by atoms with Crippen LogP contribution in [0.25, 0.3) is 0 Å². The van der Waals surface area contributed by atoms with Crippen molar-refractivity contribution >= 4 is 45.0 Å². The van der Waals surface area contributed by atoms with Crippen molar-refractivity contribution in [3.8, 4) is 0 Å². The van der Waals surface area contributed by atoms with Gasteiger partial charge in [0.25, 0.3) is 0 Å². The SMILES string of the molecule is C[C@H]1CC(=O)N(CC(=O)N2CCc3ccccc32)c2cc(S(=O)(=O)N3CCCCC3)ccc2S1. The van der Waals surface area contributed by atoms with Crippen LogP contribution in [0.1, 0.15) is 38.2 Å². The molecule has 0 saturated carbocycles. The highest BCUT2D eigenvalue weighted by atomic mass is 32.2. The lowest BCUT2D eigenvalue weighted by atomic mass is 10.2. The molecule has 34 heavy (non-hydrogen) atoms. The molecule has 1 atom stereocenters. The third-order valence-corrected chi connectivity index (χ3v) is 9.81. The molecule has 0 unspecified atom stereocenters. The van der Waals surface area contributed by atoms with Crippen LogP contribution in [0.15, 0.2) is 52.3 Å². The smallest absolute Gasteiger partial charge is 0.247 e. The van der Waals surface area contributed by atoms with E-state index in [2.05, 4.69) is 0 Å². The number of carbonyl (C=O) groups is 2. The van der Waals surface area contributed by atoms with Gasteiger partial charge in [0, 0.05) is 41.9 Å². The lowest BCUT2D eigenvalue weighted by molar-refractivity contribution is -0.122. The maximum Gasteiger partial charge on any atom is 0.247 e. The molecule has 2 amide bonds. The fourth-order valence-corrected chi connectivity index (χ4v) is 7.60. The number of rotatable bonds is 4. The van der Waals surface area contributed by atoms with E-state index in [1.165, 1.54) is 9.21 Å². The van der Waals surface area contributed by atoms with Gasteiger partial charge in [-0.05, 0) is 49.1 Å². The normalized spacial score (nSPS) is 21.2. The van der Waals surface area contributed by atoms with Crippen LogP contribution in [0, 0.1) is 0 Å². The van der Waals surface area contributed by atoms with Crippen molar-refractivity contribution in [1.29, 1.82) is 0 Å². The van der Waals surface area contributed by atoms with Crippen molar-refractivity contribution in [2.24, 2.45) is 0 Å². The Hall–Kier alpha value is -2.36. The van der Waals surface area contributed by atoms with Crippen LogP contribution in [-0.2, 0) is 26.0 Å². The zero-order valence-corrected chi connectivity index (χ0v) is 20.9. The van der Waals surface area contributed by atoms with E-state index in [0.717, 1.165) is 41.8 Å². The van der Waals surface area contributed by atoms with Crippen molar-refractivity contribution in [3.63, 3.8) is 0 Å². The molecular formula is C25H29N3O4S2. The topological polar surface area (TPSA) is 78.0 Å². The first-order valence-corrected chi connectivity index (χ1v) is 14.2. The van der Waals surface area contributed by atoms with E-state index in [-0.39, 0.29) is 34.9 Å². The molecule has 0 spiro atoms. The van der Waals surface area contributed by atoms with Gasteiger partial charge < -0.3 is 9.80 Å². The minimum Gasteiger partial charge on any atom is -0.310 e. The molecule has 1 fully saturated rings. The molecule has 0 aliphatic carbocycles. The summed E-state index contributed by atoms with van der Waals surface area (Å²) < 4.78 is 28.2. The van der Waals surface area contributed by atoms with Gasteiger partial charge in [-0.15, -0.1) is 11.8 Å².